The van der Waals surface area contributed by atoms with Crippen LogP contribution in [-0.2, 0) is 14.8 Å². The van der Waals surface area contributed by atoms with E-state index >= 15 is 0 Å². The molecule has 1 fully saturated rings. The van der Waals surface area contributed by atoms with Crippen LogP contribution in [0.1, 0.15) is 36.0 Å². The average Bonchev–Trinajstić information content (AvgIpc) is 3.21. The zero-order valence-corrected chi connectivity index (χ0v) is 18.6. The van der Waals surface area contributed by atoms with Crippen LogP contribution >= 0.6 is 0 Å². The molecule has 1 amide bonds. The Morgan fingerprint density at radius 1 is 1.20 bits per heavy atom. The fraction of sp³-hybridized carbons (Fsp3) is 0.476. The van der Waals surface area contributed by atoms with Crippen LogP contribution in [0.5, 0.6) is 0 Å². The third kappa shape index (κ3) is 5.10. The summed E-state index contributed by atoms with van der Waals surface area (Å²) in [6, 6.07) is 9.66. The molecule has 0 saturated carbocycles. The van der Waals surface area contributed by atoms with E-state index in [1.54, 1.807) is 24.5 Å². The van der Waals surface area contributed by atoms with Crippen LogP contribution in [0.2, 0.25) is 0 Å². The number of sulfonamides is 1. The Bertz CT molecular complexity index is 949. The first-order valence-electron chi connectivity index (χ1n) is 9.92. The quantitative estimate of drug-likeness (QED) is 0.716. The standard InChI is InChI=1S/C21H29N3O5S/c1-15-13-24(14-16(2)29-15)30(26,27)18-8-5-7-17(11-18)21(25)22-12-19(23(3)4)20-9-6-10-28-20/h5-11,15-16,19H,12-14H2,1-4H3,(H,22,25)/t15-,16-,19-/m1/s1. The number of furan rings is 1. The maximum absolute atomic E-state index is 13.1. The molecule has 1 saturated heterocycles. The number of amides is 1. The van der Waals surface area contributed by atoms with E-state index in [1.807, 2.05) is 38.9 Å². The number of benzene rings is 1. The Morgan fingerprint density at radius 2 is 1.90 bits per heavy atom. The van der Waals surface area contributed by atoms with Crippen molar-refractivity contribution in [1.29, 1.82) is 0 Å². The number of rotatable bonds is 7. The van der Waals surface area contributed by atoms with Crippen LogP contribution in [0.25, 0.3) is 0 Å². The van der Waals surface area contributed by atoms with Crippen LogP contribution in [0.3, 0.4) is 0 Å². The Kier molecular flexibility index (Phi) is 6.97. The van der Waals surface area contributed by atoms with Crippen LogP contribution in [0.15, 0.2) is 52.0 Å². The fourth-order valence-electron chi connectivity index (χ4n) is 3.58. The first kappa shape index (κ1) is 22.5. The van der Waals surface area contributed by atoms with Gasteiger partial charge < -0.3 is 14.5 Å². The zero-order chi connectivity index (χ0) is 21.9. The summed E-state index contributed by atoms with van der Waals surface area (Å²) in [6.45, 7) is 4.60. The molecule has 0 unspecified atom stereocenters. The Labute approximate surface area is 177 Å². The van der Waals surface area contributed by atoms with Crippen molar-refractivity contribution >= 4 is 15.9 Å². The van der Waals surface area contributed by atoms with Gasteiger partial charge in [-0.05, 0) is 58.3 Å². The molecule has 0 spiro atoms. The Hall–Kier alpha value is -2.20. The van der Waals surface area contributed by atoms with Gasteiger partial charge in [-0.25, -0.2) is 8.42 Å². The number of morpholine rings is 1. The van der Waals surface area contributed by atoms with E-state index in [4.69, 9.17) is 9.15 Å². The molecular weight excluding hydrogens is 406 g/mol. The monoisotopic (exact) mass is 435 g/mol. The first-order valence-corrected chi connectivity index (χ1v) is 11.4. The highest BCUT2D eigenvalue weighted by molar-refractivity contribution is 7.89. The summed E-state index contributed by atoms with van der Waals surface area (Å²) in [5, 5.41) is 2.87. The largest absolute Gasteiger partial charge is 0.468 e. The second-order valence-electron chi connectivity index (χ2n) is 7.81. The lowest BCUT2D eigenvalue weighted by Crippen LogP contribution is -2.48. The van der Waals surface area contributed by atoms with Crippen molar-refractivity contribution in [3.05, 3.63) is 54.0 Å². The van der Waals surface area contributed by atoms with Gasteiger partial charge in [0.2, 0.25) is 10.0 Å². The summed E-state index contributed by atoms with van der Waals surface area (Å²) in [7, 11) is 0.0854. The number of carbonyl (C=O) groups excluding carboxylic acids is 1. The minimum atomic E-state index is -3.71. The molecule has 8 nitrogen and oxygen atoms in total. The van der Waals surface area contributed by atoms with Crippen molar-refractivity contribution in [3.63, 3.8) is 0 Å². The SMILES string of the molecule is C[C@@H]1CN(S(=O)(=O)c2cccc(C(=O)NC[C@H](c3ccco3)N(C)C)c2)C[C@@H](C)O1. The van der Waals surface area contributed by atoms with Crippen molar-refractivity contribution in [2.45, 2.75) is 37.0 Å². The molecule has 1 aliphatic heterocycles. The van der Waals surface area contributed by atoms with Gasteiger partial charge in [-0.1, -0.05) is 6.07 Å². The third-order valence-corrected chi connectivity index (χ3v) is 6.90. The number of ether oxygens (including phenoxy) is 1. The van der Waals surface area contributed by atoms with Gasteiger partial charge in [0, 0.05) is 25.2 Å². The molecule has 3 atom stereocenters. The molecular formula is C21H29N3O5S. The van der Waals surface area contributed by atoms with Crippen molar-refractivity contribution < 1.29 is 22.4 Å². The van der Waals surface area contributed by atoms with Crippen molar-refractivity contribution in [2.75, 3.05) is 33.7 Å². The molecule has 1 aromatic carbocycles. The van der Waals surface area contributed by atoms with Crippen molar-refractivity contribution in [2.24, 2.45) is 0 Å². The van der Waals surface area contributed by atoms with Crippen molar-refractivity contribution in [1.82, 2.24) is 14.5 Å². The van der Waals surface area contributed by atoms with Gasteiger partial charge in [0.05, 0.1) is 29.4 Å². The molecule has 0 bridgehead atoms. The van der Waals surface area contributed by atoms with Crippen LogP contribution in [0.4, 0.5) is 0 Å². The van der Waals surface area contributed by atoms with E-state index in [1.165, 1.54) is 16.4 Å². The van der Waals surface area contributed by atoms with E-state index in [2.05, 4.69) is 5.32 Å². The maximum atomic E-state index is 13.1. The highest BCUT2D eigenvalue weighted by Gasteiger charge is 2.32. The van der Waals surface area contributed by atoms with E-state index in [9.17, 15) is 13.2 Å². The molecule has 1 aromatic heterocycles. The lowest BCUT2D eigenvalue weighted by atomic mass is 10.2. The Balaban J connectivity index is 1.73. The summed E-state index contributed by atoms with van der Waals surface area (Å²) in [4.78, 5) is 14.8. The highest BCUT2D eigenvalue weighted by atomic mass is 32.2. The third-order valence-electron chi connectivity index (χ3n) is 5.07. The summed E-state index contributed by atoms with van der Waals surface area (Å²) in [6.07, 6.45) is 1.23. The molecule has 1 N–H and O–H groups in total. The van der Waals surface area contributed by atoms with Gasteiger partial charge in [0.1, 0.15) is 5.76 Å². The summed E-state index contributed by atoms with van der Waals surface area (Å²) >= 11 is 0. The molecule has 1 aliphatic rings. The summed E-state index contributed by atoms with van der Waals surface area (Å²) < 4.78 is 38.7. The average molecular weight is 436 g/mol. The van der Waals surface area contributed by atoms with Gasteiger partial charge in [-0.3, -0.25) is 9.69 Å². The van der Waals surface area contributed by atoms with E-state index in [0.29, 0.717) is 12.1 Å². The highest BCUT2D eigenvalue weighted by Crippen LogP contribution is 2.22. The lowest BCUT2D eigenvalue weighted by Gasteiger charge is -2.34. The number of hydrogen-bond donors (Lipinski definition) is 1. The minimum Gasteiger partial charge on any atom is -0.468 e. The molecule has 0 aliphatic carbocycles. The number of likely N-dealkylation sites (N-methyl/N-ethyl adjacent to an activating group) is 1. The predicted molar refractivity (Wildman–Crippen MR) is 113 cm³/mol. The van der Waals surface area contributed by atoms with Crippen LogP contribution < -0.4 is 5.32 Å². The van der Waals surface area contributed by atoms with E-state index in [-0.39, 0.29) is 42.1 Å². The summed E-state index contributed by atoms with van der Waals surface area (Å²) in [5.41, 5.74) is 0.294. The van der Waals surface area contributed by atoms with E-state index < -0.39 is 10.0 Å². The smallest absolute Gasteiger partial charge is 0.251 e. The summed E-state index contributed by atoms with van der Waals surface area (Å²) in [5.74, 6) is 0.404. The topological polar surface area (TPSA) is 92.1 Å². The zero-order valence-electron chi connectivity index (χ0n) is 17.7. The minimum absolute atomic E-state index is 0.103. The molecule has 9 heteroatoms. The second-order valence-corrected chi connectivity index (χ2v) is 9.75. The van der Waals surface area contributed by atoms with Gasteiger partial charge in [-0.15, -0.1) is 0 Å². The van der Waals surface area contributed by atoms with Crippen LogP contribution in [-0.4, -0.2) is 69.5 Å². The van der Waals surface area contributed by atoms with Gasteiger partial charge in [-0.2, -0.15) is 4.31 Å². The van der Waals surface area contributed by atoms with Gasteiger partial charge >= 0.3 is 0 Å². The number of nitrogens with zero attached hydrogens (tertiary/aromatic N) is 2. The fourth-order valence-corrected chi connectivity index (χ4v) is 5.22. The van der Waals surface area contributed by atoms with Crippen LogP contribution in [0, 0.1) is 0 Å². The van der Waals surface area contributed by atoms with E-state index in [0.717, 1.165) is 5.76 Å². The number of nitrogens with one attached hydrogen (secondary N) is 1. The number of carbonyl (C=O) groups is 1. The second kappa shape index (κ2) is 9.30. The molecule has 30 heavy (non-hydrogen) atoms. The molecule has 2 heterocycles. The normalized spacial score (nSPS) is 21.5. The Morgan fingerprint density at radius 3 is 2.50 bits per heavy atom. The van der Waals surface area contributed by atoms with Gasteiger partial charge in [0.15, 0.2) is 0 Å². The maximum Gasteiger partial charge on any atom is 0.251 e. The molecule has 164 valence electrons. The molecule has 0 radical (unpaired) electrons. The van der Waals surface area contributed by atoms with Gasteiger partial charge in [0.25, 0.3) is 5.91 Å². The lowest BCUT2D eigenvalue weighted by molar-refractivity contribution is -0.0440. The molecule has 2 aromatic rings. The number of hydrogen-bond acceptors (Lipinski definition) is 6. The predicted octanol–water partition coefficient (Wildman–Crippen LogP) is 2.11. The first-order chi connectivity index (χ1) is 14.2. The van der Waals surface area contributed by atoms with Crippen molar-refractivity contribution in [3.8, 4) is 0 Å². The molecule has 3 rings (SSSR count).